The largest absolute Gasteiger partial charge is 0.419 e. The predicted molar refractivity (Wildman–Crippen MR) is 86.0 cm³/mol. The summed E-state index contributed by atoms with van der Waals surface area (Å²) in [6, 6.07) is 12.2. The van der Waals surface area contributed by atoms with Crippen molar-refractivity contribution < 1.29 is 4.42 Å². The van der Waals surface area contributed by atoms with Gasteiger partial charge in [0.15, 0.2) is 0 Å². The predicted octanol–water partition coefficient (Wildman–Crippen LogP) is 5.41. The SMILES string of the molecule is C[C@H](Sc1ccc(Br)cc1)c1nnc(-c2cccs2)o1. The van der Waals surface area contributed by atoms with Gasteiger partial charge in [0.2, 0.25) is 5.89 Å². The van der Waals surface area contributed by atoms with Crippen LogP contribution in [0.2, 0.25) is 0 Å². The van der Waals surface area contributed by atoms with Crippen LogP contribution in [0.4, 0.5) is 0 Å². The van der Waals surface area contributed by atoms with Crippen LogP contribution in [0.3, 0.4) is 0 Å². The first-order valence-corrected chi connectivity index (χ1v) is 8.57. The maximum absolute atomic E-state index is 5.74. The highest BCUT2D eigenvalue weighted by Crippen LogP contribution is 2.35. The van der Waals surface area contributed by atoms with Crippen LogP contribution < -0.4 is 0 Å². The molecule has 6 heteroatoms. The number of thiophene rings is 1. The molecule has 0 spiro atoms. The fraction of sp³-hybridized carbons (Fsp3) is 0.143. The summed E-state index contributed by atoms with van der Waals surface area (Å²) in [5.74, 6) is 1.25. The van der Waals surface area contributed by atoms with Crippen LogP contribution in [-0.4, -0.2) is 10.2 Å². The zero-order chi connectivity index (χ0) is 13.9. The summed E-state index contributed by atoms with van der Waals surface area (Å²) in [4.78, 5) is 2.18. The molecule has 2 heterocycles. The molecule has 0 saturated heterocycles. The van der Waals surface area contributed by atoms with Crippen molar-refractivity contribution in [1.29, 1.82) is 0 Å². The molecule has 0 amide bonds. The Morgan fingerprint density at radius 1 is 1.20 bits per heavy atom. The average molecular weight is 367 g/mol. The van der Waals surface area contributed by atoms with Crippen molar-refractivity contribution in [3.63, 3.8) is 0 Å². The number of aromatic nitrogens is 2. The van der Waals surface area contributed by atoms with Gasteiger partial charge in [-0.05, 0) is 42.6 Å². The molecule has 0 aliphatic heterocycles. The molecule has 0 unspecified atom stereocenters. The molecule has 0 saturated carbocycles. The Morgan fingerprint density at radius 2 is 2.00 bits per heavy atom. The van der Waals surface area contributed by atoms with E-state index in [0.717, 1.165) is 9.35 Å². The lowest BCUT2D eigenvalue weighted by molar-refractivity contribution is 0.510. The van der Waals surface area contributed by atoms with Gasteiger partial charge in [0.25, 0.3) is 5.89 Å². The van der Waals surface area contributed by atoms with Crippen molar-refractivity contribution in [2.45, 2.75) is 17.1 Å². The van der Waals surface area contributed by atoms with Gasteiger partial charge in [-0.15, -0.1) is 33.3 Å². The molecule has 0 radical (unpaired) electrons. The van der Waals surface area contributed by atoms with Crippen LogP contribution in [0.1, 0.15) is 18.1 Å². The molecule has 0 aliphatic rings. The Morgan fingerprint density at radius 3 is 2.70 bits per heavy atom. The van der Waals surface area contributed by atoms with Gasteiger partial charge in [0.05, 0.1) is 10.1 Å². The van der Waals surface area contributed by atoms with Gasteiger partial charge in [-0.2, -0.15) is 0 Å². The number of rotatable bonds is 4. The van der Waals surface area contributed by atoms with Crippen molar-refractivity contribution in [2.75, 3.05) is 0 Å². The van der Waals surface area contributed by atoms with Gasteiger partial charge in [0.1, 0.15) is 0 Å². The van der Waals surface area contributed by atoms with Gasteiger partial charge >= 0.3 is 0 Å². The number of nitrogens with zero attached hydrogens (tertiary/aromatic N) is 2. The summed E-state index contributed by atoms with van der Waals surface area (Å²) in [5, 5.41) is 10.4. The lowest BCUT2D eigenvalue weighted by Gasteiger charge is -2.06. The molecule has 2 aromatic heterocycles. The van der Waals surface area contributed by atoms with Gasteiger partial charge < -0.3 is 4.42 Å². The molecule has 1 atom stereocenters. The van der Waals surface area contributed by atoms with Crippen molar-refractivity contribution in [3.05, 3.63) is 52.1 Å². The van der Waals surface area contributed by atoms with E-state index >= 15 is 0 Å². The summed E-state index contributed by atoms with van der Waals surface area (Å²) in [6.07, 6.45) is 0. The van der Waals surface area contributed by atoms with Crippen LogP contribution in [0.15, 0.2) is 55.6 Å². The minimum Gasteiger partial charge on any atom is -0.419 e. The molecule has 3 aromatic rings. The highest BCUT2D eigenvalue weighted by molar-refractivity contribution is 9.10. The van der Waals surface area contributed by atoms with Crippen LogP contribution in [-0.2, 0) is 0 Å². The number of halogens is 1. The van der Waals surface area contributed by atoms with E-state index in [2.05, 4.69) is 45.2 Å². The zero-order valence-corrected chi connectivity index (χ0v) is 13.8. The standard InChI is InChI=1S/C14H11BrN2OS2/c1-9(20-11-6-4-10(15)5-7-11)13-16-17-14(18-13)12-3-2-8-19-12/h2-9H,1H3/t9-/m0/s1. The van der Waals surface area contributed by atoms with Crippen molar-refractivity contribution in [3.8, 4) is 10.8 Å². The third kappa shape index (κ3) is 3.13. The average Bonchev–Trinajstić information content (AvgIpc) is 3.11. The number of hydrogen-bond donors (Lipinski definition) is 0. The number of hydrogen-bond acceptors (Lipinski definition) is 5. The third-order valence-electron chi connectivity index (χ3n) is 2.65. The molecule has 0 fully saturated rings. The highest BCUT2D eigenvalue weighted by Gasteiger charge is 2.16. The monoisotopic (exact) mass is 366 g/mol. The Hall–Kier alpha value is -1.11. The summed E-state index contributed by atoms with van der Waals surface area (Å²) >= 11 is 6.73. The summed E-state index contributed by atoms with van der Waals surface area (Å²) in [6.45, 7) is 2.07. The maximum atomic E-state index is 5.74. The molecule has 0 N–H and O–H groups in total. The Bertz CT molecular complexity index is 680. The molecule has 102 valence electrons. The van der Waals surface area contributed by atoms with Gasteiger partial charge in [-0.25, -0.2) is 0 Å². The second-order valence-electron chi connectivity index (χ2n) is 4.14. The molecule has 0 aliphatic carbocycles. The summed E-state index contributed by atoms with van der Waals surface area (Å²) in [7, 11) is 0. The van der Waals surface area contributed by atoms with E-state index in [9.17, 15) is 0 Å². The highest BCUT2D eigenvalue weighted by atomic mass is 79.9. The van der Waals surface area contributed by atoms with Crippen LogP contribution in [0.5, 0.6) is 0 Å². The van der Waals surface area contributed by atoms with Crippen molar-refractivity contribution >= 4 is 39.0 Å². The summed E-state index contributed by atoms with van der Waals surface area (Å²) in [5.41, 5.74) is 0. The molecule has 0 bridgehead atoms. The van der Waals surface area contributed by atoms with Crippen LogP contribution >= 0.6 is 39.0 Å². The second-order valence-corrected chi connectivity index (χ2v) is 7.41. The topological polar surface area (TPSA) is 38.9 Å². The Kier molecular flexibility index (Phi) is 4.24. The summed E-state index contributed by atoms with van der Waals surface area (Å²) < 4.78 is 6.82. The molecular formula is C14H11BrN2OS2. The normalized spacial score (nSPS) is 12.5. The van der Waals surface area contributed by atoms with Crippen LogP contribution in [0, 0.1) is 0 Å². The van der Waals surface area contributed by atoms with E-state index < -0.39 is 0 Å². The first-order valence-electron chi connectivity index (χ1n) is 6.02. The van der Waals surface area contributed by atoms with Crippen LogP contribution in [0.25, 0.3) is 10.8 Å². The van der Waals surface area contributed by atoms with E-state index in [0.29, 0.717) is 11.8 Å². The quantitative estimate of drug-likeness (QED) is 0.578. The van der Waals surface area contributed by atoms with Gasteiger partial charge in [-0.1, -0.05) is 22.0 Å². The van der Waals surface area contributed by atoms with E-state index in [1.165, 1.54) is 4.90 Å². The fourth-order valence-corrected chi connectivity index (χ4v) is 3.47. The molecule has 3 nitrogen and oxygen atoms in total. The molecule has 3 rings (SSSR count). The minimum atomic E-state index is 0.123. The van der Waals surface area contributed by atoms with E-state index in [-0.39, 0.29) is 5.25 Å². The first-order chi connectivity index (χ1) is 9.72. The lowest BCUT2D eigenvalue weighted by Crippen LogP contribution is -1.88. The first kappa shape index (κ1) is 13.9. The lowest BCUT2D eigenvalue weighted by atomic mass is 10.4. The number of thioether (sulfide) groups is 1. The van der Waals surface area contributed by atoms with E-state index in [1.807, 2.05) is 29.6 Å². The zero-order valence-electron chi connectivity index (χ0n) is 10.6. The van der Waals surface area contributed by atoms with Gasteiger partial charge in [-0.3, -0.25) is 0 Å². The van der Waals surface area contributed by atoms with E-state index in [1.54, 1.807) is 23.1 Å². The Labute approximate surface area is 133 Å². The smallest absolute Gasteiger partial charge is 0.257 e. The second kappa shape index (κ2) is 6.11. The van der Waals surface area contributed by atoms with Gasteiger partial charge in [0, 0.05) is 9.37 Å². The van der Waals surface area contributed by atoms with Crippen molar-refractivity contribution in [1.82, 2.24) is 10.2 Å². The van der Waals surface area contributed by atoms with E-state index in [4.69, 9.17) is 4.42 Å². The maximum Gasteiger partial charge on any atom is 0.257 e. The molecule has 20 heavy (non-hydrogen) atoms. The van der Waals surface area contributed by atoms with Crippen molar-refractivity contribution in [2.24, 2.45) is 0 Å². The number of benzene rings is 1. The fourth-order valence-electron chi connectivity index (χ4n) is 1.67. The third-order valence-corrected chi connectivity index (χ3v) is 5.13. The molecule has 1 aromatic carbocycles. The minimum absolute atomic E-state index is 0.123. The Balaban J connectivity index is 1.74. The molecular weight excluding hydrogens is 356 g/mol.